The average molecular weight is 424 g/mol. The van der Waals surface area contributed by atoms with Crippen molar-refractivity contribution in [2.24, 2.45) is 0 Å². The van der Waals surface area contributed by atoms with Crippen molar-refractivity contribution in [2.75, 3.05) is 6.54 Å². The number of halogens is 3. The molecule has 1 nitrogen and oxygen atoms in total. The Morgan fingerprint density at radius 1 is 1.26 bits per heavy atom. The molecular formula is C14H14Br2ClNS. The lowest BCUT2D eigenvalue weighted by molar-refractivity contribution is 0.558. The first-order valence-electron chi connectivity index (χ1n) is 6.01. The number of hydrogen-bond donors (Lipinski definition) is 1. The van der Waals surface area contributed by atoms with E-state index in [2.05, 4.69) is 61.6 Å². The van der Waals surface area contributed by atoms with Gasteiger partial charge in [-0.15, -0.1) is 11.3 Å². The van der Waals surface area contributed by atoms with Crippen LogP contribution in [0.15, 0.2) is 38.6 Å². The number of nitrogens with one attached hydrogen (secondary N) is 1. The van der Waals surface area contributed by atoms with Crippen LogP contribution in [0.5, 0.6) is 0 Å². The Hall–Kier alpha value is 0.130. The summed E-state index contributed by atoms with van der Waals surface area (Å²) in [7, 11) is 0. The molecule has 1 aromatic carbocycles. The van der Waals surface area contributed by atoms with Gasteiger partial charge in [-0.05, 0) is 52.7 Å². The average Bonchev–Trinajstić information content (AvgIpc) is 2.78. The molecule has 0 aliphatic rings. The van der Waals surface area contributed by atoms with Gasteiger partial charge in [0.1, 0.15) is 0 Å². The zero-order valence-electron chi connectivity index (χ0n) is 10.4. The molecule has 5 heteroatoms. The second kappa shape index (κ2) is 7.23. The molecule has 2 rings (SSSR count). The van der Waals surface area contributed by atoms with Gasteiger partial charge < -0.3 is 5.32 Å². The van der Waals surface area contributed by atoms with Crippen molar-refractivity contribution in [3.8, 4) is 0 Å². The van der Waals surface area contributed by atoms with E-state index in [0.717, 1.165) is 26.9 Å². The minimum absolute atomic E-state index is 0.306. The summed E-state index contributed by atoms with van der Waals surface area (Å²) in [5, 5.41) is 6.45. The standard InChI is InChI=1S/C14H14Br2ClNS/c1-2-18-13(14-7-11(16)8-19-14)5-9-3-4-10(15)6-12(9)17/h3-4,6-8,13,18H,2,5H2,1H3. The molecule has 1 N–H and O–H groups in total. The second-order valence-electron chi connectivity index (χ2n) is 4.22. The van der Waals surface area contributed by atoms with Crippen LogP contribution < -0.4 is 5.32 Å². The molecule has 0 amide bonds. The van der Waals surface area contributed by atoms with Gasteiger partial charge in [-0.2, -0.15) is 0 Å². The molecule has 0 saturated heterocycles. The molecule has 0 radical (unpaired) electrons. The van der Waals surface area contributed by atoms with Crippen LogP contribution in [0.4, 0.5) is 0 Å². The van der Waals surface area contributed by atoms with Gasteiger partial charge in [0, 0.05) is 30.3 Å². The topological polar surface area (TPSA) is 12.0 Å². The fourth-order valence-electron chi connectivity index (χ4n) is 1.94. The van der Waals surface area contributed by atoms with Crippen LogP contribution >= 0.6 is 54.8 Å². The summed E-state index contributed by atoms with van der Waals surface area (Å²) < 4.78 is 2.15. The predicted octanol–water partition coefficient (Wildman–Crippen LogP) is 5.82. The van der Waals surface area contributed by atoms with E-state index < -0.39 is 0 Å². The molecule has 102 valence electrons. The summed E-state index contributed by atoms with van der Waals surface area (Å²) in [6.07, 6.45) is 0.896. The number of rotatable bonds is 5. The van der Waals surface area contributed by atoms with E-state index in [9.17, 15) is 0 Å². The Balaban J connectivity index is 2.21. The van der Waals surface area contributed by atoms with E-state index in [0.29, 0.717) is 6.04 Å². The summed E-state index contributed by atoms with van der Waals surface area (Å²) >= 11 is 15.0. The minimum atomic E-state index is 0.306. The fraction of sp³-hybridized carbons (Fsp3) is 0.286. The highest BCUT2D eigenvalue weighted by Crippen LogP contribution is 2.30. The van der Waals surface area contributed by atoms with Gasteiger partial charge in [0.25, 0.3) is 0 Å². The fourth-order valence-corrected chi connectivity index (χ4v) is 4.21. The molecule has 19 heavy (non-hydrogen) atoms. The molecule has 1 aromatic heterocycles. The molecule has 0 fully saturated rings. The molecular weight excluding hydrogens is 409 g/mol. The number of benzene rings is 1. The van der Waals surface area contributed by atoms with Crippen LogP contribution in [-0.4, -0.2) is 6.54 Å². The van der Waals surface area contributed by atoms with Crippen molar-refractivity contribution in [2.45, 2.75) is 19.4 Å². The van der Waals surface area contributed by atoms with Gasteiger partial charge in [0.05, 0.1) is 0 Å². The lowest BCUT2D eigenvalue weighted by Gasteiger charge is -2.17. The van der Waals surface area contributed by atoms with Gasteiger partial charge in [-0.3, -0.25) is 0 Å². The molecule has 0 aliphatic heterocycles. The lowest BCUT2D eigenvalue weighted by atomic mass is 10.0. The summed E-state index contributed by atoms with van der Waals surface area (Å²) in [5.74, 6) is 0. The maximum atomic E-state index is 6.30. The number of thiophene rings is 1. The van der Waals surface area contributed by atoms with Crippen LogP contribution in [0.1, 0.15) is 23.4 Å². The molecule has 0 aliphatic carbocycles. The third kappa shape index (κ3) is 4.30. The molecule has 1 atom stereocenters. The van der Waals surface area contributed by atoms with E-state index >= 15 is 0 Å². The third-order valence-corrected chi connectivity index (χ3v) is 5.47. The molecule has 0 bridgehead atoms. The Morgan fingerprint density at radius 2 is 2.05 bits per heavy atom. The monoisotopic (exact) mass is 421 g/mol. The van der Waals surface area contributed by atoms with Crippen LogP contribution in [0.2, 0.25) is 5.02 Å². The molecule has 2 aromatic rings. The SMILES string of the molecule is CCNC(Cc1ccc(Br)cc1Cl)c1cc(Br)cs1. The highest BCUT2D eigenvalue weighted by atomic mass is 79.9. The Morgan fingerprint density at radius 3 is 2.63 bits per heavy atom. The van der Waals surface area contributed by atoms with E-state index in [1.165, 1.54) is 10.4 Å². The van der Waals surface area contributed by atoms with E-state index in [1.807, 2.05) is 12.1 Å². The van der Waals surface area contributed by atoms with Crippen molar-refractivity contribution in [1.82, 2.24) is 5.32 Å². The number of hydrogen-bond acceptors (Lipinski definition) is 2. The largest absolute Gasteiger partial charge is 0.309 e. The summed E-state index contributed by atoms with van der Waals surface area (Å²) in [4.78, 5) is 1.33. The predicted molar refractivity (Wildman–Crippen MR) is 91.3 cm³/mol. The Kier molecular flexibility index (Phi) is 5.90. The highest BCUT2D eigenvalue weighted by molar-refractivity contribution is 9.10. The normalized spacial score (nSPS) is 12.6. The van der Waals surface area contributed by atoms with Gasteiger partial charge >= 0.3 is 0 Å². The lowest BCUT2D eigenvalue weighted by Crippen LogP contribution is -2.22. The van der Waals surface area contributed by atoms with Crippen LogP contribution in [0.25, 0.3) is 0 Å². The van der Waals surface area contributed by atoms with Crippen molar-refractivity contribution in [3.05, 3.63) is 54.1 Å². The zero-order chi connectivity index (χ0) is 13.8. The number of likely N-dealkylation sites (N-methyl/N-ethyl adjacent to an activating group) is 1. The van der Waals surface area contributed by atoms with Crippen molar-refractivity contribution >= 4 is 54.8 Å². The van der Waals surface area contributed by atoms with Crippen molar-refractivity contribution in [3.63, 3.8) is 0 Å². The van der Waals surface area contributed by atoms with Gasteiger partial charge in [0.2, 0.25) is 0 Å². The van der Waals surface area contributed by atoms with Crippen molar-refractivity contribution in [1.29, 1.82) is 0 Å². The van der Waals surface area contributed by atoms with E-state index in [1.54, 1.807) is 11.3 Å². The van der Waals surface area contributed by atoms with E-state index in [4.69, 9.17) is 11.6 Å². The first-order valence-corrected chi connectivity index (χ1v) is 8.85. The van der Waals surface area contributed by atoms with Crippen LogP contribution in [0, 0.1) is 0 Å². The second-order valence-corrected chi connectivity index (χ2v) is 7.40. The van der Waals surface area contributed by atoms with Crippen molar-refractivity contribution < 1.29 is 0 Å². The maximum absolute atomic E-state index is 6.30. The van der Waals surface area contributed by atoms with Gasteiger partial charge in [-0.1, -0.05) is 40.5 Å². The van der Waals surface area contributed by atoms with Crippen LogP contribution in [-0.2, 0) is 6.42 Å². The summed E-state index contributed by atoms with van der Waals surface area (Å²) in [6.45, 7) is 3.06. The van der Waals surface area contributed by atoms with Gasteiger partial charge in [0.15, 0.2) is 0 Å². The minimum Gasteiger partial charge on any atom is -0.309 e. The quantitative estimate of drug-likeness (QED) is 0.639. The molecule has 1 unspecified atom stereocenters. The highest BCUT2D eigenvalue weighted by Gasteiger charge is 2.15. The maximum Gasteiger partial charge on any atom is 0.0456 e. The molecule has 1 heterocycles. The summed E-state index contributed by atoms with van der Waals surface area (Å²) in [5.41, 5.74) is 1.17. The zero-order valence-corrected chi connectivity index (χ0v) is 15.2. The van der Waals surface area contributed by atoms with Gasteiger partial charge in [-0.25, -0.2) is 0 Å². The summed E-state index contributed by atoms with van der Waals surface area (Å²) in [6, 6.07) is 8.54. The van der Waals surface area contributed by atoms with Crippen LogP contribution in [0.3, 0.4) is 0 Å². The third-order valence-electron chi connectivity index (χ3n) is 2.82. The first kappa shape index (κ1) is 15.5. The molecule has 0 saturated carbocycles. The Labute approximate surface area is 139 Å². The van der Waals surface area contributed by atoms with E-state index in [-0.39, 0.29) is 0 Å². The molecule has 0 spiro atoms. The smallest absolute Gasteiger partial charge is 0.0456 e. The first-order chi connectivity index (χ1) is 9.10. The Bertz CT molecular complexity index is 556.